The lowest BCUT2D eigenvalue weighted by Gasteiger charge is -2.23. The third-order valence-corrected chi connectivity index (χ3v) is 3.58. The van der Waals surface area contributed by atoms with Crippen molar-refractivity contribution in [2.45, 2.75) is 44.6 Å². The summed E-state index contributed by atoms with van der Waals surface area (Å²) in [6.07, 6.45) is 5.73. The Kier molecular flexibility index (Phi) is 4.48. The third-order valence-electron chi connectivity index (χ3n) is 3.58. The van der Waals surface area contributed by atoms with E-state index in [-0.39, 0.29) is 5.54 Å². The van der Waals surface area contributed by atoms with E-state index in [0.29, 0.717) is 13.2 Å². The Balaban J connectivity index is 1.80. The number of rotatable bonds is 6. The van der Waals surface area contributed by atoms with E-state index < -0.39 is 0 Å². The van der Waals surface area contributed by atoms with Gasteiger partial charge in [0.25, 0.3) is 0 Å². The van der Waals surface area contributed by atoms with Crippen molar-refractivity contribution in [3.05, 3.63) is 24.3 Å². The molecule has 0 atom stereocenters. The van der Waals surface area contributed by atoms with Crippen molar-refractivity contribution in [1.82, 2.24) is 0 Å². The second-order valence-electron chi connectivity index (χ2n) is 5.08. The Morgan fingerprint density at radius 2 is 1.83 bits per heavy atom. The van der Waals surface area contributed by atoms with E-state index in [2.05, 4.69) is 0 Å². The van der Waals surface area contributed by atoms with Gasteiger partial charge in [0.15, 0.2) is 0 Å². The van der Waals surface area contributed by atoms with E-state index in [0.717, 1.165) is 30.8 Å². The molecule has 100 valence electrons. The Bertz CT molecular complexity index is 373. The first-order valence-electron chi connectivity index (χ1n) is 6.86. The van der Waals surface area contributed by atoms with Crippen LogP contribution in [0.4, 0.5) is 0 Å². The molecule has 0 radical (unpaired) electrons. The summed E-state index contributed by atoms with van der Waals surface area (Å²) in [6.45, 7) is 3.34. The zero-order chi connectivity index (χ0) is 12.8. The maximum absolute atomic E-state index is 6.30. The average molecular weight is 249 g/mol. The summed E-state index contributed by atoms with van der Waals surface area (Å²) in [5, 5.41) is 0. The van der Waals surface area contributed by atoms with Crippen LogP contribution in [0, 0.1) is 0 Å². The van der Waals surface area contributed by atoms with E-state index in [9.17, 15) is 0 Å². The van der Waals surface area contributed by atoms with Gasteiger partial charge < -0.3 is 15.2 Å². The third kappa shape index (κ3) is 3.64. The first-order chi connectivity index (χ1) is 8.72. The van der Waals surface area contributed by atoms with Crippen molar-refractivity contribution in [3.8, 4) is 11.5 Å². The van der Waals surface area contributed by atoms with Gasteiger partial charge in [0.2, 0.25) is 0 Å². The fourth-order valence-corrected chi connectivity index (χ4v) is 2.52. The maximum Gasteiger partial charge on any atom is 0.122 e. The molecule has 0 aromatic heterocycles. The van der Waals surface area contributed by atoms with Gasteiger partial charge >= 0.3 is 0 Å². The molecule has 1 saturated carbocycles. The first kappa shape index (κ1) is 13.2. The van der Waals surface area contributed by atoms with Crippen molar-refractivity contribution >= 4 is 0 Å². The minimum absolute atomic E-state index is 0.0114. The van der Waals surface area contributed by atoms with Crippen molar-refractivity contribution in [3.63, 3.8) is 0 Å². The van der Waals surface area contributed by atoms with Gasteiger partial charge in [-0.25, -0.2) is 0 Å². The molecular weight excluding hydrogens is 226 g/mol. The summed E-state index contributed by atoms with van der Waals surface area (Å²) < 4.78 is 11.2. The van der Waals surface area contributed by atoms with Crippen LogP contribution in [-0.4, -0.2) is 18.8 Å². The van der Waals surface area contributed by atoms with E-state index >= 15 is 0 Å². The smallest absolute Gasteiger partial charge is 0.122 e. The molecule has 1 aliphatic carbocycles. The Morgan fingerprint density at radius 1 is 1.17 bits per heavy atom. The van der Waals surface area contributed by atoms with Crippen LogP contribution in [0.25, 0.3) is 0 Å². The van der Waals surface area contributed by atoms with Crippen LogP contribution in [0.2, 0.25) is 0 Å². The van der Waals surface area contributed by atoms with Crippen LogP contribution in [0.5, 0.6) is 11.5 Å². The topological polar surface area (TPSA) is 44.5 Å². The van der Waals surface area contributed by atoms with E-state index in [4.69, 9.17) is 15.2 Å². The molecule has 18 heavy (non-hydrogen) atoms. The van der Waals surface area contributed by atoms with Gasteiger partial charge in [0.1, 0.15) is 11.5 Å². The van der Waals surface area contributed by atoms with Crippen molar-refractivity contribution in [2.24, 2.45) is 5.73 Å². The summed E-state index contributed by atoms with van der Waals surface area (Å²) in [5.41, 5.74) is 6.31. The first-order valence-corrected chi connectivity index (χ1v) is 6.86. The van der Waals surface area contributed by atoms with Gasteiger partial charge in [-0.1, -0.05) is 18.9 Å². The standard InChI is InChI=1S/C15H23NO2/c1-2-17-13-6-5-7-14(12-13)18-11-10-15(16)8-3-4-9-15/h5-7,12H,2-4,8-11,16H2,1H3. The maximum atomic E-state index is 6.30. The van der Waals surface area contributed by atoms with Gasteiger partial charge in [-0.2, -0.15) is 0 Å². The van der Waals surface area contributed by atoms with E-state index in [1.54, 1.807) is 0 Å². The second-order valence-corrected chi connectivity index (χ2v) is 5.08. The molecule has 2 N–H and O–H groups in total. The summed E-state index contributed by atoms with van der Waals surface area (Å²) in [7, 11) is 0. The molecule has 0 bridgehead atoms. The summed E-state index contributed by atoms with van der Waals surface area (Å²) >= 11 is 0. The predicted octanol–water partition coefficient (Wildman–Crippen LogP) is 3.13. The summed E-state index contributed by atoms with van der Waals surface area (Å²) in [4.78, 5) is 0. The molecule has 1 aromatic carbocycles. The largest absolute Gasteiger partial charge is 0.494 e. The highest BCUT2D eigenvalue weighted by molar-refractivity contribution is 5.32. The molecule has 1 fully saturated rings. The zero-order valence-corrected chi connectivity index (χ0v) is 11.2. The summed E-state index contributed by atoms with van der Waals surface area (Å²) in [5.74, 6) is 1.72. The Labute approximate surface area is 109 Å². The van der Waals surface area contributed by atoms with Gasteiger partial charge in [-0.05, 0) is 38.3 Å². The molecule has 1 aliphatic rings. The van der Waals surface area contributed by atoms with Gasteiger partial charge in [0, 0.05) is 11.6 Å². The molecule has 3 heteroatoms. The minimum Gasteiger partial charge on any atom is -0.494 e. The highest BCUT2D eigenvalue weighted by atomic mass is 16.5. The number of benzene rings is 1. The van der Waals surface area contributed by atoms with Gasteiger partial charge in [-0.3, -0.25) is 0 Å². The second kappa shape index (κ2) is 6.10. The van der Waals surface area contributed by atoms with Crippen LogP contribution in [-0.2, 0) is 0 Å². The Hall–Kier alpha value is -1.22. The molecule has 0 unspecified atom stereocenters. The minimum atomic E-state index is 0.0114. The zero-order valence-electron chi connectivity index (χ0n) is 11.2. The lowest BCUT2D eigenvalue weighted by atomic mass is 9.95. The van der Waals surface area contributed by atoms with Crippen molar-refractivity contribution in [2.75, 3.05) is 13.2 Å². The molecule has 1 aromatic rings. The normalized spacial score (nSPS) is 17.7. The molecule has 0 spiro atoms. The molecule has 0 amide bonds. The molecule has 2 rings (SSSR count). The molecular formula is C15H23NO2. The molecule has 3 nitrogen and oxygen atoms in total. The fourth-order valence-electron chi connectivity index (χ4n) is 2.52. The SMILES string of the molecule is CCOc1cccc(OCCC2(N)CCCC2)c1. The lowest BCUT2D eigenvalue weighted by molar-refractivity contribution is 0.256. The number of hydrogen-bond donors (Lipinski definition) is 1. The van der Waals surface area contributed by atoms with Crippen molar-refractivity contribution < 1.29 is 9.47 Å². The fraction of sp³-hybridized carbons (Fsp3) is 0.600. The molecule has 0 heterocycles. The monoisotopic (exact) mass is 249 g/mol. The summed E-state index contributed by atoms with van der Waals surface area (Å²) in [6, 6.07) is 7.79. The van der Waals surface area contributed by atoms with Gasteiger partial charge in [0.05, 0.1) is 13.2 Å². The number of hydrogen-bond acceptors (Lipinski definition) is 3. The van der Waals surface area contributed by atoms with Crippen molar-refractivity contribution in [1.29, 1.82) is 0 Å². The number of ether oxygens (including phenoxy) is 2. The van der Waals surface area contributed by atoms with Crippen LogP contribution >= 0.6 is 0 Å². The lowest BCUT2D eigenvalue weighted by Crippen LogP contribution is -2.37. The van der Waals surface area contributed by atoms with Crippen LogP contribution in [0.1, 0.15) is 39.0 Å². The van der Waals surface area contributed by atoms with E-state index in [1.165, 1.54) is 12.8 Å². The Morgan fingerprint density at radius 3 is 2.50 bits per heavy atom. The van der Waals surface area contributed by atoms with Crippen LogP contribution < -0.4 is 15.2 Å². The molecule has 0 aliphatic heterocycles. The van der Waals surface area contributed by atoms with Crippen LogP contribution in [0.15, 0.2) is 24.3 Å². The highest BCUT2D eigenvalue weighted by Crippen LogP contribution is 2.30. The van der Waals surface area contributed by atoms with Crippen LogP contribution in [0.3, 0.4) is 0 Å². The van der Waals surface area contributed by atoms with E-state index in [1.807, 2.05) is 31.2 Å². The molecule has 0 saturated heterocycles. The average Bonchev–Trinajstić information content (AvgIpc) is 2.77. The highest BCUT2D eigenvalue weighted by Gasteiger charge is 2.28. The quantitative estimate of drug-likeness (QED) is 0.842. The number of nitrogens with two attached hydrogens (primary N) is 1. The predicted molar refractivity (Wildman–Crippen MR) is 73.1 cm³/mol. The van der Waals surface area contributed by atoms with Gasteiger partial charge in [-0.15, -0.1) is 0 Å².